The number of carbonyl (C=O) groups excluding carboxylic acids is 1. The van der Waals surface area contributed by atoms with Gasteiger partial charge in [-0.2, -0.15) is 0 Å². The predicted octanol–water partition coefficient (Wildman–Crippen LogP) is 1.46. The highest BCUT2D eigenvalue weighted by atomic mass is 32.2. The van der Waals surface area contributed by atoms with Crippen LogP contribution in [0.2, 0.25) is 0 Å². The molecule has 1 aliphatic heterocycles. The summed E-state index contributed by atoms with van der Waals surface area (Å²) in [5, 5.41) is 0. The van der Waals surface area contributed by atoms with Gasteiger partial charge in [-0.3, -0.25) is 4.79 Å². The highest BCUT2D eigenvalue weighted by Crippen LogP contribution is 2.30. The summed E-state index contributed by atoms with van der Waals surface area (Å²) >= 11 is 0. The number of rotatable bonds is 5. The number of sulfone groups is 1. The SMILES string of the molecule is CCOc1cc(C=O)ccc1OC1CCS(=O)(=O)C1. The molecule has 1 aliphatic rings. The van der Waals surface area contributed by atoms with E-state index in [9.17, 15) is 13.2 Å². The molecule has 1 aromatic carbocycles. The summed E-state index contributed by atoms with van der Waals surface area (Å²) in [4.78, 5) is 10.7. The van der Waals surface area contributed by atoms with Crippen LogP contribution in [0.25, 0.3) is 0 Å². The van der Waals surface area contributed by atoms with Crippen LogP contribution in [0.15, 0.2) is 18.2 Å². The summed E-state index contributed by atoms with van der Waals surface area (Å²) in [5.74, 6) is 1.15. The molecule has 0 amide bonds. The van der Waals surface area contributed by atoms with Crippen molar-refractivity contribution in [1.29, 1.82) is 0 Å². The molecule has 0 N–H and O–H groups in total. The Kier molecular flexibility index (Phi) is 4.09. The van der Waals surface area contributed by atoms with Crippen LogP contribution in [0.3, 0.4) is 0 Å². The van der Waals surface area contributed by atoms with E-state index < -0.39 is 9.84 Å². The molecule has 0 bridgehead atoms. The van der Waals surface area contributed by atoms with Gasteiger partial charge in [0.1, 0.15) is 12.4 Å². The Hall–Kier alpha value is -1.56. The van der Waals surface area contributed by atoms with Gasteiger partial charge < -0.3 is 9.47 Å². The van der Waals surface area contributed by atoms with Crippen LogP contribution in [0.1, 0.15) is 23.7 Å². The van der Waals surface area contributed by atoms with E-state index in [2.05, 4.69) is 0 Å². The smallest absolute Gasteiger partial charge is 0.161 e. The van der Waals surface area contributed by atoms with Crippen LogP contribution < -0.4 is 9.47 Å². The summed E-state index contributed by atoms with van der Waals surface area (Å²) in [7, 11) is -2.98. The third-order valence-electron chi connectivity index (χ3n) is 2.89. The molecule has 0 radical (unpaired) electrons. The molecule has 1 aromatic rings. The van der Waals surface area contributed by atoms with Crippen molar-refractivity contribution in [2.45, 2.75) is 19.4 Å². The van der Waals surface area contributed by atoms with E-state index in [1.807, 2.05) is 6.92 Å². The molecule has 19 heavy (non-hydrogen) atoms. The van der Waals surface area contributed by atoms with Gasteiger partial charge in [0.2, 0.25) is 0 Å². The summed E-state index contributed by atoms with van der Waals surface area (Å²) in [6.07, 6.45) is 0.877. The first-order valence-corrected chi connectivity index (χ1v) is 7.95. The van der Waals surface area contributed by atoms with Gasteiger partial charge >= 0.3 is 0 Å². The zero-order chi connectivity index (χ0) is 13.9. The molecule has 0 aromatic heterocycles. The fourth-order valence-corrected chi connectivity index (χ4v) is 3.59. The summed E-state index contributed by atoms with van der Waals surface area (Å²) in [6, 6.07) is 4.85. The van der Waals surface area contributed by atoms with Crippen LogP contribution in [-0.2, 0) is 9.84 Å². The lowest BCUT2D eigenvalue weighted by Gasteiger charge is -2.16. The van der Waals surface area contributed by atoms with Crippen molar-refractivity contribution in [3.63, 3.8) is 0 Å². The molecule has 2 rings (SSSR count). The molecule has 0 aliphatic carbocycles. The second kappa shape index (κ2) is 5.61. The summed E-state index contributed by atoms with van der Waals surface area (Å²) < 4.78 is 33.9. The first-order valence-electron chi connectivity index (χ1n) is 6.13. The van der Waals surface area contributed by atoms with Crippen LogP contribution in [-0.4, -0.2) is 38.9 Å². The normalized spacial score (nSPS) is 21.0. The molecule has 104 valence electrons. The van der Waals surface area contributed by atoms with Crippen molar-refractivity contribution < 1.29 is 22.7 Å². The Bertz CT molecular complexity index is 564. The standard InChI is InChI=1S/C13H16O5S/c1-2-17-13-7-10(8-14)3-4-12(13)18-11-5-6-19(15,16)9-11/h3-4,7-8,11H,2,5-6,9H2,1H3. The highest BCUT2D eigenvalue weighted by molar-refractivity contribution is 7.91. The zero-order valence-corrected chi connectivity index (χ0v) is 11.5. The molecule has 6 heteroatoms. The van der Waals surface area contributed by atoms with Crippen molar-refractivity contribution in [3.05, 3.63) is 23.8 Å². The molecule has 1 heterocycles. The van der Waals surface area contributed by atoms with E-state index in [0.29, 0.717) is 30.1 Å². The minimum absolute atomic E-state index is 0.0357. The van der Waals surface area contributed by atoms with Gasteiger partial charge in [-0.1, -0.05) is 0 Å². The zero-order valence-electron chi connectivity index (χ0n) is 10.7. The fourth-order valence-electron chi connectivity index (χ4n) is 2.00. The maximum absolute atomic E-state index is 11.4. The van der Waals surface area contributed by atoms with E-state index in [0.717, 1.165) is 6.29 Å². The van der Waals surface area contributed by atoms with Gasteiger partial charge in [-0.15, -0.1) is 0 Å². The Balaban J connectivity index is 2.17. The minimum Gasteiger partial charge on any atom is -0.490 e. The Morgan fingerprint density at radius 2 is 2.16 bits per heavy atom. The van der Waals surface area contributed by atoms with Crippen molar-refractivity contribution in [1.82, 2.24) is 0 Å². The quantitative estimate of drug-likeness (QED) is 0.766. The van der Waals surface area contributed by atoms with Crippen molar-refractivity contribution >= 4 is 16.1 Å². The lowest BCUT2D eigenvalue weighted by molar-refractivity contribution is 0.112. The Morgan fingerprint density at radius 3 is 2.74 bits per heavy atom. The average Bonchev–Trinajstić information content (AvgIpc) is 2.71. The second-order valence-corrected chi connectivity index (χ2v) is 6.63. The molecule has 1 saturated heterocycles. The Labute approximate surface area is 112 Å². The van der Waals surface area contributed by atoms with Gasteiger partial charge in [0.15, 0.2) is 21.3 Å². The van der Waals surface area contributed by atoms with Crippen molar-refractivity contribution in [2.24, 2.45) is 0 Å². The van der Waals surface area contributed by atoms with Gasteiger partial charge in [0.05, 0.1) is 18.1 Å². The van der Waals surface area contributed by atoms with Gasteiger partial charge in [-0.05, 0) is 31.5 Å². The van der Waals surface area contributed by atoms with E-state index in [4.69, 9.17) is 9.47 Å². The van der Waals surface area contributed by atoms with E-state index in [-0.39, 0.29) is 17.6 Å². The number of hydrogen-bond acceptors (Lipinski definition) is 5. The molecule has 0 saturated carbocycles. The number of hydrogen-bond donors (Lipinski definition) is 0. The van der Waals surface area contributed by atoms with Crippen LogP contribution in [0.4, 0.5) is 0 Å². The third kappa shape index (κ3) is 3.47. The third-order valence-corrected chi connectivity index (χ3v) is 4.63. The first kappa shape index (κ1) is 13.9. The van der Waals surface area contributed by atoms with Crippen LogP contribution >= 0.6 is 0 Å². The predicted molar refractivity (Wildman–Crippen MR) is 70.7 cm³/mol. The van der Waals surface area contributed by atoms with Gasteiger partial charge in [-0.25, -0.2) is 8.42 Å². The fraction of sp³-hybridized carbons (Fsp3) is 0.462. The molecule has 5 nitrogen and oxygen atoms in total. The maximum Gasteiger partial charge on any atom is 0.161 e. The number of ether oxygens (including phenoxy) is 2. The molecule has 1 atom stereocenters. The lowest BCUT2D eigenvalue weighted by Crippen LogP contribution is -2.18. The minimum atomic E-state index is -2.98. The monoisotopic (exact) mass is 284 g/mol. The highest BCUT2D eigenvalue weighted by Gasteiger charge is 2.30. The Morgan fingerprint density at radius 1 is 1.37 bits per heavy atom. The van der Waals surface area contributed by atoms with Crippen LogP contribution in [0.5, 0.6) is 11.5 Å². The van der Waals surface area contributed by atoms with Gasteiger partial charge in [0, 0.05) is 5.56 Å². The van der Waals surface area contributed by atoms with Crippen molar-refractivity contribution in [3.8, 4) is 11.5 Å². The lowest BCUT2D eigenvalue weighted by atomic mass is 10.2. The van der Waals surface area contributed by atoms with E-state index >= 15 is 0 Å². The maximum atomic E-state index is 11.4. The van der Waals surface area contributed by atoms with Gasteiger partial charge in [0.25, 0.3) is 0 Å². The molecule has 1 fully saturated rings. The molecule has 0 spiro atoms. The van der Waals surface area contributed by atoms with Crippen molar-refractivity contribution in [2.75, 3.05) is 18.1 Å². The number of benzene rings is 1. The van der Waals surface area contributed by atoms with E-state index in [1.54, 1.807) is 18.2 Å². The molecular weight excluding hydrogens is 268 g/mol. The average molecular weight is 284 g/mol. The summed E-state index contributed by atoms with van der Waals surface area (Å²) in [6.45, 7) is 2.28. The number of aldehydes is 1. The summed E-state index contributed by atoms with van der Waals surface area (Å²) in [5.41, 5.74) is 0.495. The van der Waals surface area contributed by atoms with Crippen LogP contribution in [0, 0.1) is 0 Å². The largest absolute Gasteiger partial charge is 0.490 e. The molecular formula is C13H16O5S. The molecule has 1 unspecified atom stereocenters. The topological polar surface area (TPSA) is 69.7 Å². The number of carbonyl (C=O) groups is 1. The second-order valence-electron chi connectivity index (χ2n) is 4.40. The first-order chi connectivity index (χ1) is 9.04. The van der Waals surface area contributed by atoms with E-state index in [1.165, 1.54) is 0 Å².